The largest absolute Gasteiger partial charge is 0.481 e. The van der Waals surface area contributed by atoms with Gasteiger partial charge < -0.3 is 10.1 Å². The first kappa shape index (κ1) is 10.9. The minimum absolute atomic E-state index is 0.109. The molecule has 1 aliphatic rings. The highest BCUT2D eigenvalue weighted by molar-refractivity contribution is 5.81. The summed E-state index contributed by atoms with van der Waals surface area (Å²) in [6, 6.07) is 5.86. The number of carbonyl (C=O) groups excluding carboxylic acids is 1. The lowest BCUT2D eigenvalue weighted by molar-refractivity contribution is -0.127. The summed E-state index contributed by atoms with van der Waals surface area (Å²) in [5.74, 6) is -0.0599. The molecular formula is C12H14FNO2. The number of hydrogen-bond donors (Lipinski definition) is 1. The summed E-state index contributed by atoms with van der Waals surface area (Å²) >= 11 is 0. The summed E-state index contributed by atoms with van der Waals surface area (Å²) in [6.07, 6.45) is 2.10. The van der Waals surface area contributed by atoms with Crippen molar-refractivity contribution in [3.63, 3.8) is 0 Å². The molecule has 1 atom stereocenters. The number of hydrogen-bond acceptors (Lipinski definition) is 2. The second-order valence-electron chi connectivity index (χ2n) is 3.85. The molecule has 0 radical (unpaired) electrons. The third kappa shape index (κ3) is 2.72. The van der Waals surface area contributed by atoms with Crippen LogP contribution in [-0.2, 0) is 4.79 Å². The standard InChI is InChI=1S/C12H14FNO2/c13-9-4-3-5-10(8-9)16-11-6-1-2-7-14-12(11)15/h3-5,8,11H,1-2,6-7H2,(H,14,15). The molecule has 16 heavy (non-hydrogen) atoms. The van der Waals surface area contributed by atoms with Gasteiger partial charge in [0.1, 0.15) is 11.6 Å². The van der Waals surface area contributed by atoms with Crippen LogP contribution >= 0.6 is 0 Å². The molecule has 1 heterocycles. The third-order valence-electron chi connectivity index (χ3n) is 2.56. The number of benzene rings is 1. The zero-order valence-corrected chi connectivity index (χ0v) is 8.91. The monoisotopic (exact) mass is 223 g/mol. The molecule has 1 aromatic carbocycles. The van der Waals surface area contributed by atoms with Crippen molar-refractivity contribution in [3.8, 4) is 5.75 Å². The molecule has 0 saturated carbocycles. The van der Waals surface area contributed by atoms with Crippen LogP contribution in [0.15, 0.2) is 24.3 Å². The molecule has 86 valence electrons. The van der Waals surface area contributed by atoms with Crippen molar-refractivity contribution in [1.29, 1.82) is 0 Å². The molecule has 1 aliphatic heterocycles. The van der Waals surface area contributed by atoms with Gasteiger partial charge in [0.25, 0.3) is 5.91 Å². The lowest BCUT2D eigenvalue weighted by atomic mass is 10.2. The molecule has 0 aliphatic carbocycles. The molecule has 0 bridgehead atoms. The van der Waals surface area contributed by atoms with Crippen molar-refractivity contribution in [2.75, 3.05) is 6.54 Å². The predicted octanol–water partition coefficient (Wildman–Crippen LogP) is 1.87. The summed E-state index contributed by atoms with van der Waals surface area (Å²) in [4.78, 5) is 11.6. The maximum Gasteiger partial charge on any atom is 0.261 e. The molecule has 1 amide bonds. The van der Waals surface area contributed by atoms with E-state index >= 15 is 0 Å². The summed E-state index contributed by atoms with van der Waals surface area (Å²) in [5, 5.41) is 2.77. The van der Waals surface area contributed by atoms with E-state index in [0.29, 0.717) is 18.7 Å². The summed E-state index contributed by atoms with van der Waals surface area (Å²) in [7, 11) is 0. The Morgan fingerprint density at radius 2 is 2.25 bits per heavy atom. The summed E-state index contributed by atoms with van der Waals surface area (Å²) < 4.78 is 18.4. The van der Waals surface area contributed by atoms with E-state index in [1.54, 1.807) is 12.1 Å². The van der Waals surface area contributed by atoms with E-state index in [0.717, 1.165) is 12.8 Å². The van der Waals surface area contributed by atoms with E-state index in [-0.39, 0.29) is 11.7 Å². The number of halogens is 1. The highest BCUT2D eigenvalue weighted by atomic mass is 19.1. The molecular weight excluding hydrogens is 209 g/mol. The first-order valence-corrected chi connectivity index (χ1v) is 5.45. The number of amides is 1. The molecule has 1 fully saturated rings. The van der Waals surface area contributed by atoms with Gasteiger partial charge in [0.2, 0.25) is 0 Å². The van der Waals surface area contributed by atoms with E-state index in [2.05, 4.69) is 5.32 Å². The summed E-state index contributed by atoms with van der Waals surface area (Å²) in [5.41, 5.74) is 0. The van der Waals surface area contributed by atoms with Gasteiger partial charge in [-0.2, -0.15) is 0 Å². The van der Waals surface area contributed by atoms with Gasteiger partial charge in [0.05, 0.1) is 0 Å². The van der Waals surface area contributed by atoms with E-state index in [1.807, 2.05) is 0 Å². The Morgan fingerprint density at radius 3 is 3.06 bits per heavy atom. The van der Waals surface area contributed by atoms with Crippen molar-refractivity contribution in [3.05, 3.63) is 30.1 Å². The highest BCUT2D eigenvalue weighted by Crippen LogP contribution is 2.17. The van der Waals surface area contributed by atoms with E-state index in [4.69, 9.17) is 4.74 Å². The van der Waals surface area contributed by atoms with Crippen LogP contribution in [0.3, 0.4) is 0 Å². The molecule has 0 aromatic heterocycles. The first-order chi connectivity index (χ1) is 7.75. The minimum Gasteiger partial charge on any atom is -0.481 e. The third-order valence-corrected chi connectivity index (χ3v) is 2.56. The fraction of sp³-hybridized carbons (Fsp3) is 0.417. The van der Waals surface area contributed by atoms with Crippen LogP contribution in [0, 0.1) is 5.82 Å². The van der Waals surface area contributed by atoms with Crippen LogP contribution in [-0.4, -0.2) is 18.6 Å². The van der Waals surface area contributed by atoms with Gasteiger partial charge in [0.15, 0.2) is 6.10 Å². The number of rotatable bonds is 2. The Hall–Kier alpha value is -1.58. The molecule has 1 unspecified atom stereocenters. The zero-order valence-electron chi connectivity index (χ0n) is 8.91. The fourth-order valence-electron chi connectivity index (χ4n) is 1.73. The van der Waals surface area contributed by atoms with Crippen LogP contribution in [0.2, 0.25) is 0 Å². The maximum absolute atomic E-state index is 12.9. The van der Waals surface area contributed by atoms with Crippen LogP contribution in [0.5, 0.6) is 5.75 Å². The topological polar surface area (TPSA) is 38.3 Å². The molecule has 1 N–H and O–H groups in total. The lowest BCUT2D eigenvalue weighted by Gasteiger charge is -2.15. The zero-order chi connectivity index (χ0) is 11.4. The summed E-state index contributed by atoms with van der Waals surface area (Å²) in [6.45, 7) is 0.696. The Kier molecular flexibility index (Phi) is 3.39. The van der Waals surface area contributed by atoms with E-state index in [1.165, 1.54) is 12.1 Å². The fourth-order valence-corrected chi connectivity index (χ4v) is 1.73. The number of ether oxygens (including phenoxy) is 1. The second kappa shape index (κ2) is 4.96. The smallest absolute Gasteiger partial charge is 0.261 e. The molecule has 1 aromatic rings. The number of nitrogens with one attached hydrogen (secondary N) is 1. The van der Waals surface area contributed by atoms with Crippen LogP contribution in [0.1, 0.15) is 19.3 Å². The van der Waals surface area contributed by atoms with Crippen LogP contribution < -0.4 is 10.1 Å². The maximum atomic E-state index is 12.9. The SMILES string of the molecule is O=C1NCCCCC1Oc1cccc(F)c1. The van der Waals surface area contributed by atoms with Crippen molar-refractivity contribution in [2.45, 2.75) is 25.4 Å². The van der Waals surface area contributed by atoms with Crippen molar-refractivity contribution in [2.24, 2.45) is 0 Å². The van der Waals surface area contributed by atoms with E-state index in [9.17, 15) is 9.18 Å². The Balaban J connectivity index is 2.05. The highest BCUT2D eigenvalue weighted by Gasteiger charge is 2.22. The van der Waals surface area contributed by atoms with Crippen LogP contribution in [0.4, 0.5) is 4.39 Å². The normalized spacial score (nSPS) is 21.1. The predicted molar refractivity (Wildman–Crippen MR) is 57.7 cm³/mol. The molecule has 4 heteroatoms. The molecule has 1 saturated heterocycles. The number of carbonyl (C=O) groups is 1. The van der Waals surface area contributed by atoms with Gasteiger partial charge in [-0.15, -0.1) is 0 Å². The van der Waals surface area contributed by atoms with Crippen molar-refractivity contribution in [1.82, 2.24) is 5.32 Å². The molecule has 0 spiro atoms. The average molecular weight is 223 g/mol. The lowest BCUT2D eigenvalue weighted by Crippen LogP contribution is -2.36. The first-order valence-electron chi connectivity index (χ1n) is 5.45. The van der Waals surface area contributed by atoms with Gasteiger partial charge >= 0.3 is 0 Å². The van der Waals surface area contributed by atoms with Gasteiger partial charge in [-0.25, -0.2) is 4.39 Å². The minimum atomic E-state index is -0.496. The Bertz CT molecular complexity index is 381. The molecule has 2 rings (SSSR count). The Morgan fingerprint density at radius 1 is 1.38 bits per heavy atom. The van der Waals surface area contributed by atoms with Gasteiger partial charge in [-0.1, -0.05) is 6.07 Å². The second-order valence-corrected chi connectivity index (χ2v) is 3.85. The van der Waals surface area contributed by atoms with Gasteiger partial charge in [-0.3, -0.25) is 4.79 Å². The van der Waals surface area contributed by atoms with Crippen molar-refractivity contribution < 1.29 is 13.9 Å². The van der Waals surface area contributed by atoms with Gasteiger partial charge in [0, 0.05) is 12.6 Å². The van der Waals surface area contributed by atoms with Crippen LogP contribution in [0.25, 0.3) is 0 Å². The quantitative estimate of drug-likeness (QED) is 0.831. The van der Waals surface area contributed by atoms with Crippen molar-refractivity contribution >= 4 is 5.91 Å². The Labute approximate surface area is 93.6 Å². The molecule has 3 nitrogen and oxygen atoms in total. The van der Waals surface area contributed by atoms with Gasteiger partial charge in [-0.05, 0) is 31.4 Å². The average Bonchev–Trinajstić information content (AvgIpc) is 2.45. The van der Waals surface area contributed by atoms with E-state index < -0.39 is 6.10 Å².